The molecule has 0 atom stereocenters. The van der Waals surface area contributed by atoms with Gasteiger partial charge in [-0.25, -0.2) is 0 Å². The van der Waals surface area contributed by atoms with Gasteiger partial charge in [-0.2, -0.15) is 0 Å². The van der Waals surface area contributed by atoms with Crippen LogP contribution in [0.5, 0.6) is 0 Å². The van der Waals surface area contributed by atoms with E-state index in [1.165, 1.54) is 11.8 Å². The van der Waals surface area contributed by atoms with E-state index in [0.29, 0.717) is 24.5 Å². The lowest BCUT2D eigenvalue weighted by molar-refractivity contribution is -0.137. The van der Waals surface area contributed by atoms with E-state index in [4.69, 9.17) is 9.52 Å². The standard InChI is InChI=1S/C11H15NO4S/c1-17-10-6-5-8(16-10)11(15)12-7-3-2-4-9(13)14/h5-6H,2-4,7H2,1H3,(H,12,15)(H,13,14). The molecule has 0 aromatic carbocycles. The molecule has 1 aromatic heterocycles. The summed E-state index contributed by atoms with van der Waals surface area (Å²) in [4.78, 5) is 21.8. The minimum absolute atomic E-state index is 0.132. The van der Waals surface area contributed by atoms with Crippen molar-refractivity contribution in [1.82, 2.24) is 5.32 Å². The quantitative estimate of drug-likeness (QED) is 0.577. The van der Waals surface area contributed by atoms with E-state index in [9.17, 15) is 9.59 Å². The van der Waals surface area contributed by atoms with Gasteiger partial charge in [-0.3, -0.25) is 9.59 Å². The van der Waals surface area contributed by atoms with Crippen LogP contribution < -0.4 is 5.32 Å². The van der Waals surface area contributed by atoms with Gasteiger partial charge in [0, 0.05) is 13.0 Å². The number of unbranched alkanes of at least 4 members (excludes halogenated alkanes) is 1. The number of carboxylic acid groups (broad SMARTS) is 1. The topological polar surface area (TPSA) is 79.5 Å². The first-order valence-electron chi connectivity index (χ1n) is 5.27. The molecule has 0 fully saturated rings. The van der Waals surface area contributed by atoms with Crippen LogP contribution in [0.25, 0.3) is 0 Å². The Labute approximate surface area is 104 Å². The number of hydrogen-bond donors (Lipinski definition) is 2. The summed E-state index contributed by atoms with van der Waals surface area (Å²) in [6.07, 6.45) is 3.21. The van der Waals surface area contributed by atoms with Crippen LogP contribution in [0.2, 0.25) is 0 Å². The second-order valence-electron chi connectivity index (χ2n) is 3.43. The third-order valence-electron chi connectivity index (χ3n) is 2.11. The Hall–Kier alpha value is -1.43. The van der Waals surface area contributed by atoms with Gasteiger partial charge in [0.1, 0.15) is 0 Å². The molecule has 0 aliphatic heterocycles. The monoisotopic (exact) mass is 257 g/mol. The zero-order valence-corrected chi connectivity index (χ0v) is 10.4. The molecule has 1 aromatic rings. The van der Waals surface area contributed by atoms with Crippen LogP contribution in [0.4, 0.5) is 0 Å². The number of carbonyl (C=O) groups is 2. The summed E-state index contributed by atoms with van der Waals surface area (Å²) in [5.41, 5.74) is 0. The summed E-state index contributed by atoms with van der Waals surface area (Å²) in [7, 11) is 0. The Morgan fingerprint density at radius 2 is 2.18 bits per heavy atom. The minimum atomic E-state index is -0.813. The first-order chi connectivity index (χ1) is 8.13. The van der Waals surface area contributed by atoms with Crippen molar-refractivity contribution in [3.8, 4) is 0 Å². The average Bonchev–Trinajstić information content (AvgIpc) is 2.76. The van der Waals surface area contributed by atoms with Gasteiger partial charge >= 0.3 is 5.97 Å². The van der Waals surface area contributed by atoms with E-state index >= 15 is 0 Å². The molecule has 0 saturated heterocycles. The molecular formula is C11H15NO4S. The lowest BCUT2D eigenvalue weighted by Gasteiger charge is -2.01. The van der Waals surface area contributed by atoms with E-state index in [1.54, 1.807) is 12.1 Å². The van der Waals surface area contributed by atoms with Crippen molar-refractivity contribution in [2.45, 2.75) is 24.4 Å². The molecule has 5 nitrogen and oxygen atoms in total. The maximum Gasteiger partial charge on any atom is 0.303 e. The van der Waals surface area contributed by atoms with Crippen molar-refractivity contribution in [3.05, 3.63) is 17.9 Å². The van der Waals surface area contributed by atoms with Crippen molar-refractivity contribution < 1.29 is 19.1 Å². The lowest BCUT2D eigenvalue weighted by atomic mass is 10.2. The van der Waals surface area contributed by atoms with Gasteiger partial charge in [0.2, 0.25) is 0 Å². The fourth-order valence-electron chi connectivity index (χ4n) is 1.24. The minimum Gasteiger partial charge on any atom is -0.481 e. The van der Waals surface area contributed by atoms with Gasteiger partial charge in [0.15, 0.2) is 10.9 Å². The van der Waals surface area contributed by atoms with Crippen LogP contribution in [-0.2, 0) is 4.79 Å². The number of nitrogens with one attached hydrogen (secondary N) is 1. The second-order valence-corrected chi connectivity index (χ2v) is 4.24. The maximum atomic E-state index is 11.5. The molecule has 0 spiro atoms. The molecule has 0 radical (unpaired) electrons. The first kappa shape index (κ1) is 13.6. The summed E-state index contributed by atoms with van der Waals surface area (Å²) >= 11 is 1.43. The van der Waals surface area contributed by atoms with Crippen LogP contribution in [0.1, 0.15) is 29.8 Å². The highest BCUT2D eigenvalue weighted by Gasteiger charge is 2.09. The molecule has 6 heteroatoms. The van der Waals surface area contributed by atoms with Crippen molar-refractivity contribution in [3.63, 3.8) is 0 Å². The predicted molar refractivity (Wildman–Crippen MR) is 64.3 cm³/mol. The van der Waals surface area contributed by atoms with Crippen LogP contribution in [0.15, 0.2) is 21.6 Å². The average molecular weight is 257 g/mol. The zero-order valence-electron chi connectivity index (χ0n) is 9.56. The van der Waals surface area contributed by atoms with Gasteiger partial charge in [0.25, 0.3) is 5.91 Å². The van der Waals surface area contributed by atoms with Crippen molar-refractivity contribution in [1.29, 1.82) is 0 Å². The molecule has 1 amide bonds. The van der Waals surface area contributed by atoms with Crippen molar-refractivity contribution in [2.24, 2.45) is 0 Å². The van der Waals surface area contributed by atoms with Gasteiger partial charge < -0.3 is 14.8 Å². The van der Waals surface area contributed by atoms with Gasteiger partial charge in [-0.15, -0.1) is 0 Å². The summed E-state index contributed by atoms with van der Waals surface area (Å²) in [5, 5.41) is 11.8. The fraction of sp³-hybridized carbons (Fsp3) is 0.455. The molecule has 17 heavy (non-hydrogen) atoms. The Morgan fingerprint density at radius 1 is 1.41 bits per heavy atom. The fourth-order valence-corrected chi connectivity index (χ4v) is 1.62. The first-order valence-corrected chi connectivity index (χ1v) is 6.50. The molecule has 0 aliphatic rings. The molecule has 94 valence electrons. The predicted octanol–water partition coefficient (Wildman–Crippen LogP) is 1.99. The van der Waals surface area contributed by atoms with E-state index in [1.807, 2.05) is 6.26 Å². The van der Waals surface area contributed by atoms with Gasteiger partial charge in [-0.1, -0.05) is 11.8 Å². The lowest BCUT2D eigenvalue weighted by Crippen LogP contribution is -2.24. The Morgan fingerprint density at radius 3 is 2.76 bits per heavy atom. The third-order valence-corrected chi connectivity index (χ3v) is 2.73. The summed E-state index contributed by atoms with van der Waals surface area (Å²) in [6, 6.07) is 3.36. The normalized spacial score (nSPS) is 10.2. The molecule has 0 saturated carbocycles. The highest BCUT2D eigenvalue weighted by Crippen LogP contribution is 2.17. The molecule has 0 aliphatic carbocycles. The van der Waals surface area contributed by atoms with Crippen LogP contribution in [-0.4, -0.2) is 29.8 Å². The molecule has 1 rings (SSSR count). The summed E-state index contributed by atoms with van der Waals surface area (Å²) < 4.78 is 5.25. The third kappa shape index (κ3) is 4.95. The van der Waals surface area contributed by atoms with E-state index in [2.05, 4.69) is 5.32 Å². The Kier molecular flexibility index (Phi) is 5.62. The molecule has 0 unspecified atom stereocenters. The van der Waals surface area contributed by atoms with E-state index in [-0.39, 0.29) is 18.1 Å². The highest BCUT2D eigenvalue weighted by atomic mass is 32.2. The largest absolute Gasteiger partial charge is 0.481 e. The van der Waals surface area contributed by atoms with E-state index in [0.717, 1.165) is 0 Å². The van der Waals surface area contributed by atoms with Gasteiger partial charge in [-0.05, 0) is 31.2 Å². The zero-order chi connectivity index (χ0) is 12.7. The van der Waals surface area contributed by atoms with E-state index < -0.39 is 5.97 Å². The summed E-state index contributed by atoms with van der Waals surface area (Å²) in [5.74, 6) is -0.791. The molecular weight excluding hydrogens is 242 g/mol. The SMILES string of the molecule is CSc1ccc(C(=O)NCCCCC(=O)O)o1. The number of amides is 1. The number of furan rings is 1. The number of hydrogen-bond acceptors (Lipinski definition) is 4. The number of aliphatic carboxylic acids is 1. The number of carboxylic acids is 1. The Balaban J connectivity index is 2.23. The summed E-state index contributed by atoms with van der Waals surface area (Å²) in [6.45, 7) is 0.460. The number of carbonyl (C=O) groups excluding carboxylic acids is 1. The second kappa shape index (κ2) is 7.01. The number of rotatable bonds is 7. The smallest absolute Gasteiger partial charge is 0.303 e. The highest BCUT2D eigenvalue weighted by molar-refractivity contribution is 7.98. The van der Waals surface area contributed by atoms with Crippen molar-refractivity contribution in [2.75, 3.05) is 12.8 Å². The van der Waals surface area contributed by atoms with Gasteiger partial charge in [0.05, 0.1) is 0 Å². The van der Waals surface area contributed by atoms with Crippen LogP contribution in [0.3, 0.4) is 0 Å². The molecule has 1 heterocycles. The Bertz CT molecular complexity index is 389. The van der Waals surface area contributed by atoms with Crippen molar-refractivity contribution >= 4 is 23.6 Å². The van der Waals surface area contributed by atoms with Crippen LogP contribution in [0, 0.1) is 0 Å². The van der Waals surface area contributed by atoms with Crippen LogP contribution >= 0.6 is 11.8 Å². The molecule has 2 N–H and O–H groups in total. The number of thioether (sulfide) groups is 1. The maximum absolute atomic E-state index is 11.5. The molecule has 0 bridgehead atoms.